The van der Waals surface area contributed by atoms with E-state index in [1.165, 1.54) is 30.7 Å². The largest absolute Gasteiger partial charge is 0.472 e. The highest BCUT2D eigenvalue weighted by Crippen LogP contribution is 2.18. The number of rotatable bonds is 3. The van der Waals surface area contributed by atoms with Crippen LogP contribution in [-0.4, -0.2) is 5.91 Å². The Kier molecular flexibility index (Phi) is 3.44. The van der Waals surface area contributed by atoms with Gasteiger partial charge in [-0.05, 0) is 18.2 Å². The van der Waals surface area contributed by atoms with Crippen molar-refractivity contribution in [2.45, 2.75) is 6.54 Å². The van der Waals surface area contributed by atoms with Gasteiger partial charge in [0, 0.05) is 12.1 Å². The van der Waals surface area contributed by atoms with Crippen molar-refractivity contribution in [2.75, 3.05) is 0 Å². The standard InChI is InChI=1S/C12H9ClFNO2/c13-9-2-1-3-10(14)11(9)12(16)15-6-8-4-5-17-7-8/h1-5,7H,6H2,(H,15,16). The summed E-state index contributed by atoms with van der Waals surface area (Å²) in [6.07, 6.45) is 3.00. The maximum atomic E-state index is 13.4. The fourth-order valence-electron chi connectivity index (χ4n) is 1.38. The SMILES string of the molecule is O=C(NCc1ccoc1)c1c(F)cccc1Cl. The summed E-state index contributed by atoms with van der Waals surface area (Å²) in [7, 11) is 0. The molecule has 2 rings (SSSR count). The van der Waals surface area contributed by atoms with Crippen LogP contribution in [0.2, 0.25) is 5.02 Å². The number of furan rings is 1. The molecule has 17 heavy (non-hydrogen) atoms. The molecule has 0 bridgehead atoms. The van der Waals surface area contributed by atoms with Crippen molar-refractivity contribution in [3.63, 3.8) is 0 Å². The lowest BCUT2D eigenvalue weighted by molar-refractivity contribution is 0.0947. The maximum Gasteiger partial charge on any atom is 0.256 e. The van der Waals surface area contributed by atoms with Gasteiger partial charge in [-0.25, -0.2) is 4.39 Å². The van der Waals surface area contributed by atoms with E-state index in [4.69, 9.17) is 16.0 Å². The quantitative estimate of drug-likeness (QED) is 0.914. The van der Waals surface area contributed by atoms with Crippen molar-refractivity contribution in [3.8, 4) is 0 Å². The third-order valence-electron chi connectivity index (χ3n) is 2.22. The minimum Gasteiger partial charge on any atom is -0.472 e. The molecule has 0 saturated carbocycles. The Morgan fingerprint density at radius 2 is 2.24 bits per heavy atom. The maximum absolute atomic E-state index is 13.4. The van der Waals surface area contributed by atoms with Crippen LogP contribution in [0.5, 0.6) is 0 Å². The Morgan fingerprint density at radius 3 is 2.88 bits per heavy atom. The zero-order chi connectivity index (χ0) is 12.3. The zero-order valence-corrected chi connectivity index (χ0v) is 9.50. The highest BCUT2D eigenvalue weighted by molar-refractivity contribution is 6.33. The smallest absolute Gasteiger partial charge is 0.256 e. The Hall–Kier alpha value is -1.81. The molecule has 0 aliphatic rings. The predicted molar refractivity (Wildman–Crippen MR) is 61.3 cm³/mol. The topological polar surface area (TPSA) is 42.2 Å². The van der Waals surface area contributed by atoms with E-state index in [2.05, 4.69) is 5.32 Å². The highest BCUT2D eigenvalue weighted by atomic mass is 35.5. The molecule has 1 aromatic carbocycles. The Labute approximate surface area is 102 Å². The van der Waals surface area contributed by atoms with Crippen molar-refractivity contribution < 1.29 is 13.6 Å². The lowest BCUT2D eigenvalue weighted by Gasteiger charge is -2.06. The number of benzene rings is 1. The van der Waals surface area contributed by atoms with Crippen LogP contribution >= 0.6 is 11.6 Å². The van der Waals surface area contributed by atoms with Crippen LogP contribution in [0.4, 0.5) is 4.39 Å². The number of carbonyl (C=O) groups excluding carboxylic acids is 1. The van der Waals surface area contributed by atoms with Crippen molar-refractivity contribution in [3.05, 3.63) is 58.8 Å². The first kappa shape index (κ1) is 11.7. The van der Waals surface area contributed by atoms with Gasteiger partial charge in [0.15, 0.2) is 0 Å². The molecular weight excluding hydrogens is 245 g/mol. The van der Waals surface area contributed by atoms with Gasteiger partial charge in [0.25, 0.3) is 5.91 Å². The second kappa shape index (κ2) is 5.01. The van der Waals surface area contributed by atoms with Crippen LogP contribution in [0.25, 0.3) is 0 Å². The van der Waals surface area contributed by atoms with E-state index in [1.807, 2.05) is 0 Å². The van der Waals surface area contributed by atoms with E-state index in [9.17, 15) is 9.18 Å². The molecule has 1 amide bonds. The minimum absolute atomic E-state index is 0.0923. The number of carbonyl (C=O) groups is 1. The lowest BCUT2D eigenvalue weighted by atomic mass is 10.2. The molecule has 2 aromatic rings. The van der Waals surface area contributed by atoms with Crippen LogP contribution in [0.3, 0.4) is 0 Å². The number of nitrogens with one attached hydrogen (secondary N) is 1. The van der Waals surface area contributed by atoms with Crippen LogP contribution in [-0.2, 0) is 6.54 Å². The summed E-state index contributed by atoms with van der Waals surface area (Å²) in [5.41, 5.74) is 0.656. The second-order valence-corrected chi connectivity index (χ2v) is 3.82. The normalized spacial score (nSPS) is 10.2. The lowest BCUT2D eigenvalue weighted by Crippen LogP contribution is -2.24. The summed E-state index contributed by atoms with van der Waals surface area (Å²) >= 11 is 5.77. The molecule has 1 N–H and O–H groups in total. The third-order valence-corrected chi connectivity index (χ3v) is 2.54. The van der Waals surface area contributed by atoms with Gasteiger partial charge in [0.1, 0.15) is 5.82 Å². The average molecular weight is 254 g/mol. The van der Waals surface area contributed by atoms with Crippen LogP contribution in [0.15, 0.2) is 41.2 Å². The summed E-state index contributed by atoms with van der Waals surface area (Å²) in [4.78, 5) is 11.7. The summed E-state index contributed by atoms with van der Waals surface area (Å²) in [5, 5.41) is 2.65. The van der Waals surface area contributed by atoms with Gasteiger partial charge >= 0.3 is 0 Å². The molecule has 1 aromatic heterocycles. The van der Waals surface area contributed by atoms with Crippen LogP contribution < -0.4 is 5.32 Å². The zero-order valence-electron chi connectivity index (χ0n) is 8.74. The molecule has 3 nitrogen and oxygen atoms in total. The first-order valence-corrected chi connectivity index (χ1v) is 5.29. The molecule has 0 spiro atoms. The average Bonchev–Trinajstić information content (AvgIpc) is 2.79. The molecule has 0 unspecified atom stereocenters. The summed E-state index contributed by atoms with van der Waals surface area (Å²) in [5.74, 6) is -1.18. The number of halogens is 2. The van der Waals surface area contributed by atoms with Crippen molar-refractivity contribution >= 4 is 17.5 Å². The van der Waals surface area contributed by atoms with Crippen LogP contribution in [0.1, 0.15) is 15.9 Å². The van der Waals surface area contributed by atoms with E-state index in [0.29, 0.717) is 0 Å². The minimum atomic E-state index is -0.637. The van der Waals surface area contributed by atoms with Gasteiger partial charge in [-0.1, -0.05) is 17.7 Å². The molecule has 1 heterocycles. The van der Waals surface area contributed by atoms with Gasteiger partial charge in [-0.2, -0.15) is 0 Å². The number of hydrogen-bond acceptors (Lipinski definition) is 2. The fraction of sp³-hybridized carbons (Fsp3) is 0.0833. The molecule has 0 saturated heterocycles. The van der Waals surface area contributed by atoms with E-state index in [0.717, 1.165) is 5.56 Å². The van der Waals surface area contributed by atoms with Gasteiger partial charge in [-0.3, -0.25) is 4.79 Å². The molecule has 0 radical (unpaired) electrons. The molecule has 5 heteroatoms. The monoisotopic (exact) mass is 253 g/mol. The van der Waals surface area contributed by atoms with Gasteiger partial charge in [0.2, 0.25) is 0 Å². The van der Waals surface area contributed by atoms with Crippen LogP contribution in [0, 0.1) is 5.82 Å². The number of hydrogen-bond donors (Lipinski definition) is 1. The summed E-state index contributed by atoms with van der Waals surface area (Å²) < 4.78 is 18.3. The Morgan fingerprint density at radius 1 is 1.41 bits per heavy atom. The molecular formula is C12H9ClFNO2. The van der Waals surface area contributed by atoms with E-state index in [-0.39, 0.29) is 17.1 Å². The van der Waals surface area contributed by atoms with Gasteiger partial charge < -0.3 is 9.73 Å². The van der Waals surface area contributed by atoms with Gasteiger partial charge in [-0.15, -0.1) is 0 Å². The third kappa shape index (κ3) is 2.65. The predicted octanol–water partition coefficient (Wildman–Crippen LogP) is 3.00. The summed E-state index contributed by atoms with van der Waals surface area (Å²) in [6, 6.07) is 5.82. The van der Waals surface area contributed by atoms with E-state index < -0.39 is 11.7 Å². The molecule has 88 valence electrons. The molecule has 0 atom stereocenters. The van der Waals surface area contributed by atoms with E-state index >= 15 is 0 Å². The molecule has 0 fully saturated rings. The number of amides is 1. The fourth-order valence-corrected chi connectivity index (χ4v) is 1.63. The first-order valence-electron chi connectivity index (χ1n) is 4.92. The Bertz CT molecular complexity index is 505. The summed E-state index contributed by atoms with van der Waals surface area (Å²) in [6.45, 7) is 0.264. The van der Waals surface area contributed by atoms with Crippen molar-refractivity contribution in [1.29, 1.82) is 0 Å². The van der Waals surface area contributed by atoms with E-state index in [1.54, 1.807) is 6.07 Å². The first-order chi connectivity index (χ1) is 8.18. The van der Waals surface area contributed by atoms with Crippen molar-refractivity contribution in [1.82, 2.24) is 5.32 Å². The van der Waals surface area contributed by atoms with Gasteiger partial charge in [0.05, 0.1) is 23.1 Å². The second-order valence-electron chi connectivity index (χ2n) is 3.41. The highest BCUT2D eigenvalue weighted by Gasteiger charge is 2.15. The Balaban J connectivity index is 2.10. The molecule has 0 aliphatic heterocycles. The van der Waals surface area contributed by atoms with Crippen molar-refractivity contribution in [2.24, 2.45) is 0 Å². The molecule has 0 aliphatic carbocycles.